The quantitative estimate of drug-likeness (QED) is 0.561. The van der Waals surface area contributed by atoms with E-state index in [2.05, 4.69) is 22.5 Å². The summed E-state index contributed by atoms with van der Waals surface area (Å²) in [7, 11) is 3.06. The van der Waals surface area contributed by atoms with Crippen molar-refractivity contribution in [3.63, 3.8) is 0 Å². The molecule has 0 spiro atoms. The summed E-state index contributed by atoms with van der Waals surface area (Å²) < 4.78 is 6.95. The molecule has 0 radical (unpaired) electrons. The first-order valence-electron chi connectivity index (χ1n) is 11.5. The van der Waals surface area contributed by atoms with E-state index in [4.69, 9.17) is 4.74 Å². The number of fused-ring (bicyclic) bond motifs is 3. The first-order valence-corrected chi connectivity index (χ1v) is 11.5. The molecule has 0 aliphatic heterocycles. The third-order valence-corrected chi connectivity index (χ3v) is 7.26. The van der Waals surface area contributed by atoms with Crippen LogP contribution in [0.2, 0.25) is 0 Å². The second-order valence-corrected chi connectivity index (χ2v) is 9.04. The highest BCUT2D eigenvalue weighted by Gasteiger charge is 2.50. The van der Waals surface area contributed by atoms with E-state index >= 15 is 0 Å². The van der Waals surface area contributed by atoms with Gasteiger partial charge in [0.05, 0.1) is 6.20 Å². The van der Waals surface area contributed by atoms with Crippen LogP contribution in [0.15, 0.2) is 54.7 Å². The number of hydrogen-bond acceptors (Lipinski definition) is 5. The Balaban J connectivity index is 1.31. The highest BCUT2D eigenvalue weighted by Crippen LogP contribution is 2.44. The molecule has 2 aliphatic rings. The highest BCUT2D eigenvalue weighted by molar-refractivity contribution is 6.03. The third-order valence-electron chi connectivity index (χ3n) is 7.26. The van der Waals surface area contributed by atoms with E-state index < -0.39 is 23.5 Å². The zero-order valence-electron chi connectivity index (χ0n) is 19.5. The van der Waals surface area contributed by atoms with Crippen molar-refractivity contribution in [2.75, 3.05) is 19.0 Å². The number of hydrogen-bond donors (Lipinski definition) is 2. The number of nitrogens with zero attached hydrogens (tertiary/aromatic N) is 3. The Morgan fingerprint density at radius 2 is 1.71 bits per heavy atom. The Morgan fingerprint density at radius 1 is 1.11 bits per heavy atom. The van der Waals surface area contributed by atoms with E-state index in [9.17, 15) is 19.5 Å². The summed E-state index contributed by atoms with van der Waals surface area (Å²) in [6.07, 6.45) is 2.12. The second kappa shape index (κ2) is 8.57. The van der Waals surface area contributed by atoms with E-state index in [0.29, 0.717) is 12.8 Å². The number of ether oxygens (including phenoxy) is 1. The lowest BCUT2D eigenvalue weighted by molar-refractivity contribution is -0.154. The molecule has 180 valence electrons. The number of aromatic nitrogens is 2. The summed E-state index contributed by atoms with van der Waals surface area (Å²) in [5.74, 6) is -1.50. The fraction of sp³-hybridized carbons (Fsp3) is 0.308. The van der Waals surface area contributed by atoms with Gasteiger partial charge in [-0.05, 0) is 41.5 Å². The Hall–Kier alpha value is -4.14. The van der Waals surface area contributed by atoms with Crippen molar-refractivity contribution in [3.05, 3.63) is 71.4 Å². The van der Waals surface area contributed by atoms with E-state index in [-0.39, 0.29) is 23.9 Å². The number of anilines is 1. The molecule has 0 atom stereocenters. The van der Waals surface area contributed by atoms with Crippen molar-refractivity contribution in [2.24, 2.45) is 7.05 Å². The molecule has 2 N–H and O–H groups in total. The molecule has 2 aliphatic carbocycles. The fourth-order valence-corrected chi connectivity index (χ4v) is 5.05. The molecule has 1 heterocycles. The zero-order chi connectivity index (χ0) is 24.7. The maximum Gasteiger partial charge on any atom is 0.412 e. The van der Waals surface area contributed by atoms with E-state index in [1.807, 2.05) is 36.4 Å². The number of benzene rings is 2. The Bertz CT molecular complexity index is 1280. The minimum Gasteiger partial charge on any atom is -0.479 e. The van der Waals surface area contributed by atoms with Gasteiger partial charge in [0, 0.05) is 20.0 Å². The summed E-state index contributed by atoms with van der Waals surface area (Å²) >= 11 is 0. The van der Waals surface area contributed by atoms with Crippen LogP contribution in [0.1, 0.15) is 46.7 Å². The number of nitrogens with one attached hydrogen (secondary N) is 1. The van der Waals surface area contributed by atoms with Crippen LogP contribution in [0.4, 0.5) is 10.6 Å². The van der Waals surface area contributed by atoms with Crippen LogP contribution >= 0.6 is 0 Å². The van der Waals surface area contributed by atoms with Crippen LogP contribution in [0.25, 0.3) is 11.1 Å². The minimum atomic E-state index is -1.23. The van der Waals surface area contributed by atoms with E-state index in [0.717, 1.165) is 28.7 Å². The van der Waals surface area contributed by atoms with Gasteiger partial charge in [0.1, 0.15) is 23.5 Å². The largest absolute Gasteiger partial charge is 0.479 e. The van der Waals surface area contributed by atoms with Gasteiger partial charge in [0.25, 0.3) is 5.91 Å². The molecule has 9 heteroatoms. The summed E-state index contributed by atoms with van der Waals surface area (Å²) in [5, 5.41) is 16.4. The number of rotatable bonds is 6. The highest BCUT2D eigenvalue weighted by atomic mass is 16.5. The molecule has 9 nitrogen and oxygen atoms in total. The van der Waals surface area contributed by atoms with Crippen LogP contribution in [0.3, 0.4) is 0 Å². The van der Waals surface area contributed by atoms with Gasteiger partial charge in [0.15, 0.2) is 0 Å². The fourth-order valence-electron chi connectivity index (χ4n) is 5.05. The van der Waals surface area contributed by atoms with Crippen LogP contribution in [-0.4, -0.2) is 57.0 Å². The summed E-state index contributed by atoms with van der Waals surface area (Å²) in [6.45, 7) is 0.128. The van der Waals surface area contributed by atoms with Crippen LogP contribution in [-0.2, 0) is 16.6 Å². The van der Waals surface area contributed by atoms with Gasteiger partial charge in [-0.1, -0.05) is 48.5 Å². The lowest BCUT2D eigenvalue weighted by atomic mass is 9.75. The summed E-state index contributed by atoms with van der Waals surface area (Å²) in [5.41, 5.74) is 3.33. The number of carboxylic acids is 1. The first kappa shape index (κ1) is 22.6. The SMILES string of the molecule is CN(C(=O)c1cnn(C)c1NC(=O)OCC1c2ccccc2-c2ccccc21)C1(C(=O)O)CCC1. The normalized spacial score (nSPS) is 15.5. The van der Waals surface area contributed by atoms with Crippen molar-refractivity contribution >= 4 is 23.8 Å². The summed E-state index contributed by atoms with van der Waals surface area (Å²) in [6, 6.07) is 16.1. The molecule has 1 saturated carbocycles. The van der Waals surface area contributed by atoms with Gasteiger partial charge in [-0.15, -0.1) is 0 Å². The van der Waals surface area contributed by atoms with Crippen molar-refractivity contribution in [1.82, 2.24) is 14.7 Å². The molecule has 5 rings (SSSR count). The minimum absolute atomic E-state index is 0.0963. The van der Waals surface area contributed by atoms with E-state index in [1.165, 1.54) is 22.8 Å². The number of carbonyl (C=O) groups is 3. The van der Waals surface area contributed by atoms with Crippen LogP contribution < -0.4 is 5.32 Å². The standard InChI is InChI=1S/C26H26N4O5/c1-29(26(24(32)33)12-7-13-26)23(31)20-14-27-30(2)22(20)28-25(34)35-15-21-18-10-5-3-8-16(18)17-9-4-6-11-19(17)21/h3-6,8-11,14,21H,7,12-13,15H2,1-2H3,(H,28,34)(H,32,33). The van der Waals surface area contributed by atoms with Crippen molar-refractivity contribution < 1.29 is 24.2 Å². The lowest BCUT2D eigenvalue weighted by Gasteiger charge is -2.44. The second-order valence-electron chi connectivity index (χ2n) is 9.04. The first-order chi connectivity index (χ1) is 16.8. The smallest absolute Gasteiger partial charge is 0.412 e. The Labute approximate surface area is 202 Å². The van der Waals surface area contributed by atoms with Gasteiger partial charge in [-0.2, -0.15) is 5.10 Å². The van der Waals surface area contributed by atoms with Gasteiger partial charge < -0.3 is 14.7 Å². The predicted octanol–water partition coefficient (Wildman–Crippen LogP) is 3.86. The third kappa shape index (κ3) is 3.63. The number of carboxylic acid groups (broad SMARTS) is 1. The molecular formula is C26H26N4O5. The molecule has 2 amide bonds. The average molecular weight is 475 g/mol. The van der Waals surface area contributed by atoms with Crippen molar-refractivity contribution in [2.45, 2.75) is 30.7 Å². The molecule has 0 unspecified atom stereocenters. The van der Waals surface area contributed by atoms with Crippen molar-refractivity contribution in [3.8, 4) is 11.1 Å². The number of likely N-dealkylation sites (N-methyl/N-ethyl adjacent to an activating group) is 1. The number of carbonyl (C=O) groups excluding carboxylic acids is 2. The number of aryl methyl sites for hydroxylation is 1. The lowest BCUT2D eigenvalue weighted by Crippen LogP contribution is -2.59. The maximum absolute atomic E-state index is 13.2. The molecule has 2 aromatic carbocycles. The molecular weight excluding hydrogens is 448 g/mol. The monoisotopic (exact) mass is 474 g/mol. The molecule has 3 aromatic rings. The predicted molar refractivity (Wildman–Crippen MR) is 128 cm³/mol. The van der Waals surface area contributed by atoms with Crippen LogP contribution in [0.5, 0.6) is 0 Å². The zero-order valence-corrected chi connectivity index (χ0v) is 19.5. The topological polar surface area (TPSA) is 114 Å². The molecule has 1 fully saturated rings. The maximum atomic E-state index is 13.2. The Kier molecular flexibility index (Phi) is 5.55. The molecule has 0 saturated heterocycles. The summed E-state index contributed by atoms with van der Waals surface area (Å²) in [4.78, 5) is 39.0. The van der Waals surface area contributed by atoms with Gasteiger partial charge in [0.2, 0.25) is 0 Å². The molecule has 1 aromatic heterocycles. The number of aliphatic carboxylic acids is 1. The number of amides is 2. The van der Waals surface area contributed by atoms with Crippen LogP contribution in [0, 0.1) is 0 Å². The van der Waals surface area contributed by atoms with Gasteiger partial charge in [-0.25, -0.2) is 9.59 Å². The molecule has 35 heavy (non-hydrogen) atoms. The van der Waals surface area contributed by atoms with Crippen molar-refractivity contribution in [1.29, 1.82) is 0 Å². The average Bonchev–Trinajstić information content (AvgIpc) is 3.34. The molecule has 0 bridgehead atoms. The van der Waals surface area contributed by atoms with Gasteiger partial charge in [-0.3, -0.25) is 14.8 Å². The Morgan fingerprint density at radius 3 is 2.26 bits per heavy atom. The van der Waals surface area contributed by atoms with Gasteiger partial charge >= 0.3 is 12.1 Å². The van der Waals surface area contributed by atoms with E-state index in [1.54, 1.807) is 7.05 Å².